The van der Waals surface area contributed by atoms with Crippen LogP contribution >= 0.6 is 15.9 Å². The van der Waals surface area contributed by atoms with Gasteiger partial charge in [-0.25, -0.2) is 4.39 Å². The highest BCUT2D eigenvalue weighted by Gasteiger charge is 2.09. The lowest BCUT2D eigenvalue weighted by atomic mass is 10.1. The molecule has 0 atom stereocenters. The number of rotatable bonds is 6. The van der Waals surface area contributed by atoms with Crippen LogP contribution in [0.1, 0.15) is 5.56 Å². The van der Waals surface area contributed by atoms with Gasteiger partial charge in [0.15, 0.2) is 5.78 Å². The van der Waals surface area contributed by atoms with Crippen LogP contribution in [0.2, 0.25) is 0 Å². The number of hydrogen-bond acceptors (Lipinski definition) is 3. The summed E-state index contributed by atoms with van der Waals surface area (Å²) in [6, 6.07) is 4.61. The van der Waals surface area contributed by atoms with Gasteiger partial charge in [-0.05, 0) is 27.6 Å². The van der Waals surface area contributed by atoms with Crippen LogP contribution in [-0.2, 0) is 16.0 Å². The molecular formula is C11H13BrFNO2. The molecular weight excluding hydrogens is 277 g/mol. The third-order valence-electron chi connectivity index (χ3n) is 1.94. The van der Waals surface area contributed by atoms with E-state index in [2.05, 4.69) is 15.9 Å². The summed E-state index contributed by atoms with van der Waals surface area (Å²) in [6.45, 7) is 0.757. The Morgan fingerprint density at radius 3 is 2.94 bits per heavy atom. The van der Waals surface area contributed by atoms with Crippen molar-refractivity contribution in [2.75, 3.05) is 19.8 Å². The standard InChI is InChI=1S/C11H13BrFNO2/c12-11-8(2-1-3-10(11)13)6-9(15)7-16-5-4-14/h1-3H,4-7,14H2. The van der Waals surface area contributed by atoms with Crippen LogP contribution in [-0.4, -0.2) is 25.5 Å². The van der Waals surface area contributed by atoms with Gasteiger partial charge < -0.3 is 10.5 Å². The zero-order chi connectivity index (χ0) is 12.0. The Balaban J connectivity index is 2.53. The molecule has 0 aliphatic heterocycles. The average molecular weight is 290 g/mol. The van der Waals surface area contributed by atoms with Crippen LogP contribution in [0.3, 0.4) is 0 Å². The number of benzene rings is 1. The zero-order valence-corrected chi connectivity index (χ0v) is 10.3. The Hall–Kier alpha value is -0.780. The maximum Gasteiger partial charge on any atom is 0.162 e. The van der Waals surface area contributed by atoms with Crippen molar-refractivity contribution in [3.63, 3.8) is 0 Å². The molecule has 3 nitrogen and oxygen atoms in total. The highest BCUT2D eigenvalue weighted by Crippen LogP contribution is 2.20. The van der Waals surface area contributed by atoms with Crippen LogP contribution in [0.15, 0.2) is 22.7 Å². The second-order valence-electron chi connectivity index (χ2n) is 3.27. The molecule has 0 saturated heterocycles. The van der Waals surface area contributed by atoms with E-state index in [1.807, 2.05) is 0 Å². The molecule has 0 fully saturated rings. The average Bonchev–Trinajstić information content (AvgIpc) is 2.25. The predicted octanol–water partition coefficient (Wildman–Crippen LogP) is 1.68. The van der Waals surface area contributed by atoms with Crippen molar-refractivity contribution in [2.24, 2.45) is 5.73 Å². The Bertz CT molecular complexity index is 371. The zero-order valence-electron chi connectivity index (χ0n) is 8.71. The Morgan fingerprint density at radius 1 is 1.50 bits per heavy atom. The molecule has 0 aliphatic rings. The van der Waals surface area contributed by atoms with Gasteiger partial charge in [0.2, 0.25) is 0 Å². The molecule has 16 heavy (non-hydrogen) atoms. The van der Waals surface area contributed by atoms with Crippen molar-refractivity contribution in [1.82, 2.24) is 0 Å². The number of carbonyl (C=O) groups excluding carboxylic acids is 1. The van der Waals surface area contributed by atoms with Crippen molar-refractivity contribution >= 4 is 21.7 Å². The molecule has 0 radical (unpaired) electrons. The molecule has 0 aliphatic carbocycles. The van der Waals surface area contributed by atoms with Crippen LogP contribution in [0.4, 0.5) is 4.39 Å². The molecule has 0 unspecified atom stereocenters. The first-order valence-corrected chi connectivity index (χ1v) is 5.67. The number of ketones is 1. The summed E-state index contributed by atoms with van der Waals surface area (Å²) in [5.74, 6) is -0.465. The number of hydrogen-bond donors (Lipinski definition) is 1. The molecule has 5 heteroatoms. The van der Waals surface area contributed by atoms with Gasteiger partial charge in [0, 0.05) is 13.0 Å². The summed E-state index contributed by atoms with van der Waals surface area (Å²) >= 11 is 3.10. The fraction of sp³-hybridized carbons (Fsp3) is 0.364. The van der Waals surface area contributed by atoms with Crippen molar-refractivity contribution in [3.05, 3.63) is 34.1 Å². The lowest BCUT2D eigenvalue weighted by Crippen LogP contribution is -2.16. The van der Waals surface area contributed by atoms with Gasteiger partial charge >= 0.3 is 0 Å². The molecule has 0 saturated carbocycles. The topological polar surface area (TPSA) is 52.3 Å². The van der Waals surface area contributed by atoms with Crippen LogP contribution in [0.5, 0.6) is 0 Å². The summed E-state index contributed by atoms with van der Waals surface area (Å²) in [5, 5.41) is 0. The van der Waals surface area contributed by atoms with E-state index in [0.29, 0.717) is 23.2 Å². The summed E-state index contributed by atoms with van der Waals surface area (Å²) < 4.78 is 18.5. The number of carbonyl (C=O) groups is 1. The molecule has 0 amide bonds. The molecule has 1 aromatic rings. The Labute approximate surface area is 102 Å². The first-order chi connectivity index (χ1) is 7.65. The molecule has 0 heterocycles. The van der Waals surface area contributed by atoms with Gasteiger partial charge in [-0.15, -0.1) is 0 Å². The van der Waals surface area contributed by atoms with Crippen molar-refractivity contribution in [1.29, 1.82) is 0 Å². The number of Topliss-reactive ketones (excluding diaryl/α,β-unsaturated/α-hetero) is 1. The van der Waals surface area contributed by atoms with E-state index in [0.717, 1.165) is 0 Å². The lowest BCUT2D eigenvalue weighted by molar-refractivity contribution is -0.122. The van der Waals surface area contributed by atoms with Gasteiger partial charge in [-0.1, -0.05) is 12.1 Å². The van der Waals surface area contributed by atoms with Gasteiger partial charge in [-0.2, -0.15) is 0 Å². The first-order valence-electron chi connectivity index (χ1n) is 4.87. The van der Waals surface area contributed by atoms with Crippen molar-refractivity contribution in [3.8, 4) is 0 Å². The van der Waals surface area contributed by atoms with E-state index in [1.165, 1.54) is 6.07 Å². The highest BCUT2D eigenvalue weighted by atomic mass is 79.9. The number of halogens is 2. The van der Waals surface area contributed by atoms with Crippen LogP contribution in [0, 0.1) is 5.82 Å². The van der Waals surface area contributed by atoms with E-state index in [-0.39, 0.29) is 24.6 Å². The second-order valence-corrected chi connectivity index (χ2v) is 4.06. The van der Waals surface area contributed by atoms with E-state index >= 15 is 0 Å². The monoisotopic (exact) mass is 289 g/mol. The second kappa shape index (κ2) is 6.73. The maximum atomic E-state index is 13.1. The molecule has 1 rings (SSSR count). The minimum Gasteiger partial charge on any atom is -0.372 e. The molecule has 0 bridgehead atoms. The summed E-state index contributed by atoms with van der Waals surface area (Å²) in [7, 11) is 0. The van der Waals surface area contributed by atoms with Crippen LogP contribution in [0.25, 0.3) is 0 Å². The SMILES string of the molecule is NCCOCC(=O)Cc1cccc(F)c1Br. The number of nitrogens with two attached hydrogens (primary N) is 1. The largest absolute Gasteiger partial charge is 0.372 e. The van der Waals surface area contributed by atoms with Gasteiger partial charge in [0.25, 0.3) is 0 Å². The third-order valence-corrected chi connectivity index (χ3v) is 2.83. The minimum atomic E-state index is -0.367. The minimum absolute atomic E-state index is 0.0140. The van der Waals surface area contributed by atoms with E-state index in [4.69, 9.17) is 10.5 Å². The Kier molecular flexibility index (Phi) is 5.59. The van der Waals surface area contributed by atoms with E-state index in [1.54, 1.807) is 12.1 Å². The van der Waals surface area contributed by atoms with Crippen molar-refractivity contribution in [2.45, 2.75) is 6.42 Å². The third kappa shape index (κ3) is 4.00. The fourth-order valence-corrected chi connectivity index (χ4v) is 1.62. The lowest BCUT2D eigenvalue weighted by Gasteiger charge is -2.05. The smallest absolute Gasteiger partial charge is 0.162 e. The normalized spacial score (nSPS) is 10.4. The quantitative estimate of drug-likeness (QED) is 0.811. The highest BCUT2D eigenvalue weighted by molar-refractivity contribution is 9.10. The molecule has 88 valence electrons. The van der Waals surface area contributed by atoms with Crippen LogP contribution < -0.4 is 5.73 Å². The van der Waals surface area contributed by atoms with Gasteiger partial charge in [0.05, 0.1) is 11.1 Å². The summed E-state index contributed by atoms with van der Waals surface area (Å²) in [5.41, 5.74) is 5.84. The summed E-state index contributed by atoms with van der Waals surface area (Å²) in [4.78, 5) is 11.4. The van der Waals surface area contributed by atoms with E-state index < -0.39 is 0 Å². The molecule has 0 aromatic heterocycles. The first kappa shape index (κ1) is 13.3. The maximum absolute atomic E-state index is 13.1. The summed E-state index contributed by atoms with van der Waals surface area (Å²) in [6.07, 6.45) is 0.156. The van der Waals surface area contributed by atoms with Crippen molar-refractivity contribution < 1.29 is 13.9 Å². The van der Waals surface area contributed by atoms with Gasteiger partial charge in [-0.3, -0.25) is 4.79 Å². The Morgan fingerprint density at radius 2 is 2.25 bits per heavy atom. The molecule has 0 spiro atoms. The number of ether oxygens (including phenoxy) is 1. The van der Waals surface area contributed by atoms with E-state index in [9.17, 15) is 9.18 Å². The molecule has 2 N–H and O–H groups in total. The fourth-order valence-electron chi connectivity index (χ4n) is 1.22. The molecule has 1 aromatic carbocycles. The predicted molar refractivity (Wildman–Crippen MR) is 62.7 cm³/mol. The van der Waals surface area contributed by atoms with Gasteiger partial charge in [0.1, 0.15) is 12.4 Å².